The number of nitrogens with zero attached hydrogens (tertiary/aromatic N) is 3. The Labute approximate surface area is 94.1 Å². The summed E-state index contributed by atoms with van der Waals surface area (Å²) < 4.78 is 1.97. The molecule has 0 aliphatic heterocycles. The van der Waals surface area contributed by atoms with Gasteiger partial charge in [0, 0.05) is 26.4 Å². The van der Waals surface area contributed by atoms with E-state index >= 15 is 0 Å². The van der Waals surface area contributed by atoms with Crippen molar-refractivity contribution in [1.29, 1.82) is 0 Å². The van der Waals surface area contributed by atoms with Gasteiger partial charge in [0.1, 0.15) is 5.52 Å². The maximum atomic E-state index is 8.68. The summed E-state index contributed by atoms with van der Waals surface area (Å²) in [6, 6.07) is 1.95. The minimum Gasteiger partial charge on any atom is -0.396 e. The molecular weight excluding hydrogens is 204 g/mol. The summed E-state index contributed by atoms with van der Waals surface area (Å²) in [6.07, 6.45) is 5.30. The SMILES string of the molecule is Cn1cnc2c(NCCCCO)nccc21. The third-order valence-corrected chi connectivity index (χ3v) is 2.52. The smallest absolute Gasteiger partial charge is 0.154 e. The molecule has 0 bridgehead atoms. The van der Waals surface area contributed by atoms with Gasteiger partial charge in [-0.2, -0.15) is 0 Å². The van der Waals surface area contributed by atoms with Gasteiger partial charge in [0.2, 0.25) is 0 Å². The van der Waals surface area contributed by atoms with Crippen LogP contribution in [0.15, 0.2) is 18.6 Å². The lowest BCUT2D eigenvalue weighted by atomic mass is 10.3. The van der Waals surface area contributed by atoms with Crippen LogP contribution in [0.1, 0.15) is 12.8 Å². The molecule has 2 aromatic heterocycles. The van der Waals surface area contributed by atoms with Crippen molar-refractivity contribution in [2.24, 2.45) is 7.05 Å². The number of aliphatic hydroxyl groups is 1. The second-order valence-corrected chi connectivity index (χ2v) is 3.74. The van der Waals surface area contributed by atoms with Gasteiger partial charge in [-0.25, -0.2) is 9.97 Å². The van der Waals surface area contributed by atoms with Crippen molar-refractivity contribution >= 4 is 16.9 Å². The first-order chi connectivity index (χ1) is 7.83. The summed E-state index contributed by atoms with van der Waals surface area (Å²) in [4.78, 5) is 8.57. The largest absolute Gasteiger partial charge is 0.396 e. The summed E-state index contributed by atoms with van der Waals surface area (Å²) in [5.74, 6) is 0.816. The van der Waals surface area contributed by atoms with Crippen LogP contribution in [0.4, 0.5) is 5.82 Å². The first-order valence-corrected chi connectivity index (χ1v) is 5.43. The van der Waals surface area contributed by atoms with Crippen molar-refractivity contribution < 1.29 is 5.11 Å². The standard InChI is InChI=1S/C11H16N4O/c1-15-8-14-10-9(15)4-6-13-11(10)12-5-2-3-7-16/h4,6,8,16H,2-3,5,7H2,1H3,(H,12,13). The van der Waals surface area contributed by atoms with E-state index in [1.54, 1.807) is 12.5 Å². The van der Waals surface area contributed by atoms with Gasteiger partial charge < -0.3 is 15.0 Å². The first kappa shape index (κ1) is 10.9. The molecule has 0 saturated heterocycles. The number of aliphatic hydroxyl groups excluding tert-OH is 1. The Hall–Kier alpha value is -1.62. The Morgan fingerprint density at radius 3 is 3.06 bits per heavy atom. The zero-order valence-electron chi connectivity index (χ0n) is 9.35. The van der Waals surface area contributed by atoms with E-state index in [1.807, 2.05) is 17.7 Å². The number of pyridine rings is 1. The van der Waals surface area contributed by atoms with Gasteiger partial charge in [-0.05, 0) is 18.9 Å². The van der Waals surface area contributed by atoms with Gasteiger partial charge >= 0.3 is 0 Å². The molecule has 2 aromatic rings. The van der Waals surface area contributed by atoms with E-state index in [9.17, 15) is 0 Å². The van der Waals surface area contributed by atoms with Gasteiger partial charge in [0.05, 0.1) is 11.8 Å². The second kappa shape index (κ2) is 4.94. The Bertz CT molecular complexity index is 466. The van der Waals surface area contributed by atoms with E-state index in [0.29, 0.717) is 0 Å². The predicted octanol–water partition coefficient (Wildman–Crippen LogP) is 1.15. The lowest BCUT2D eigenvalue weighted by Crippen LogP contribution is -2.04. The van der Waals surface area contributed by atoms with Crippen molar-refractivity contribution in [2.45, 2.75) is 12.8 Å². The van der Waals surface area contributed by atoms with Crippen LogP contribution >= 0.6 is 0 Å². The zero-order chi connectivity index (χ0) is 11.4. The van der Waals surface area contributed by atoms with Crippen LogP contribution < -0.4 is 5.32 Å². The number of nitrogens with one attached hydrogen (secondary N) is 1. The molecule has 5 heteroatoms. The molecule has 86 valence electrons. The maximum Gasteiger partial charge on any atom is 0.154 e. The number of fused-ring (bicyclic) bond motifs is 1. The van der Waals surface area contributed by atoms with Crippen molar-refractivity contribution in [3.05, 3.63) is 18.6 Å². The van der Waals surface area contributed by atoms with Crippen molar-refractivity contribution in [3.8, 4) is 0 Å². The number of hydrogen-bond donors (Lipinski definition) is 2. The summed E-state index contributed by atoms with van der Waals surface area (Å²) in [6.45, 7) is 1.05. The molecule has 0 aliphatic carbocycles. The van der Waals surface area contributed by atoms with Crippen LogP contribution in [0.3, 0.4) is 0 Å². The molecule has 0 amide bonds. The number of unbranched alkanes of at least 4 members (excludes halogenated alkanes) is 1. The van der Waals surface area contributed by atoms with E-state index in [0.717, 1.165) is 36.2 Å². The van der Waals surface area contributed by atoms with Crippen molar-refractivity contribution in [2.75, 3.05) is 18.5 Å². The molecule has 2 rings (SSSR count). The molecule has 0 saturated carbocycles. The molecule has 0 atom stereocenters. The average molecular weight is 220 g/mol. The number of anilines is 1. The molecule has 0 spiro atoms. The normalized spacial score (nSPS) is 10.9. The predicted molar refractivity (Wildman–Crippen MR) is 63.3 cm³/mol. The fourth-order valence-corrected chi connectivity index (χ4v) is 1.64. The van der Waals surface area contributed by atoms with Gasteiger partial charge in [0.15, 0.2) is 5.82 Å². The minimum absolute atomic E-state index is 0.239. The summed E-state index contributed by atoms with van der Waals surface area (Å²) >= 11 is 0. The number of imidazole rings is 1. The topological polar surface area (TPSA) is 63.0 Å². The molecule has 0 aromatic carbocycles. The Kier molecular flexibility index (Phi) is 3.36. The van der Waals surface area contributed by atoms with Gasteiger partial charge in [-0.3, -0.25) is 0 Å². The second-order valence-electron chi connectivity index (χ2n) is 3.74. The number of rotatable bonds is 5. The first-order valence-electron chi connectivity index (χ1n) is 5.43. The van der Waals surface area contributed by atoms with E-state index in [-0.39, 0.29) is 6.61 Å². The van der Waals surface area contributed by atoms with Crippen LogP contribution in [0, 0.1) is 0 Å². The molecular formula is C11H16N4O. The molecule has 0 radical (unpaired) electrons. The molecule has 16 heavy (non-hydrogen) atoms. The molecule has 0 aliphatic rings. The lowest BCUT2D eigenvalue weighted by molar-refractivity contribution is 0.286. The van der Waals surface area contributed by atoms with Gasteiger partial charge in [0.25, 0.3) is 0 Å². The number of aryl methyl sites for hydroxylation is 1. The lowest BCUT2D eigenvalue weighted by Gasteiger charge is -2.05. The van der Waals surface area contributed by atoms with Crippen LogP contribution in [0.25, 0.3) is 11.0 Å². The highest BCUT2D eigenvalue weighted by Crippen LogP contribution is 2.18. The quantitative estimate of drug-likeness (QED) is 0.742. The number of aromatic nitrogens is 3. The fourth-order valence-electron chi connectivity index (χ4n) is 1.64. The maximum absolute atomic E-state index is 8.68. The summed E-state index contributed by atoms with van der Waals surface area (Å²) in [7, 11) is 1.96. The molecule has 0 unspecified atom stereocenters. The fraction of sp³-hybridized carbons (Fsp3) is 0.455. The summed E-state index contributed by atoms with van der Waals surface area (Å²) in [5.41, 5.74) is 1.97. The average Bonchev–Trinajstić information content (AvgIpc) is 2.68. The van der Waals surface area contributed by atoms with E-state index in [2.05, 4.69) is 15.3 Å². The van der Waals surface area contributed by atoms with Crippen molar-refractivity contribution in [3.63, 3.8) is 0 Å². The minimum atomic E-state index is 0.239. The van der Waals surface area contributed by atoms with Crippen LogP contribution in [0.2, 0.25) is 0 Å². The zero-order valence-corrected chi connectivity index (χ0v) is 9.35. The molecule has 2 heterocycles. The van der Waals surface area contributed by atoms with Gasteiger partial charge in [-0.15, -0.1) is 0 Å². The highest BCUT2D eigenvalue weighted by atomic mass is 16.2. The highest BCUT2D eigenvalue weighted by molar-refractivity contribution is 5.85. The Morgan fingerprint density at radius 2 is 2.25 bits per heavy atom. The summed E-state index contributed by atoms with van der Waals surface area (Å²) in [5, 5.41) is 11.9. The van der Waals surface area contributed by atoms with E-state index < -0.39 is 0 Å². The van der Waals surface area contributed by atoms with E-state index in [4.69, 9.17) is 5.11 Å². The van der Waals surface area contributed by atoms with Crippen LogP contribution in [-0.4, -0.2) is 32.8 Å². The molecule has 5 nitrogen and oxygen atoms in total. The number of hydrogen-bond acceptors (Lipinski definition) is 4. The van der Waals surface area contributed by atoms with Crippen molar-refractivity contribution in [1.82, 2.24) is 14.5 Å². The Morgan fingerprint density at radius 1 is 1.38 bits per heavy atom. The van der Waals surface area contributed by atoms with Crippen LogP contribution in [-0.2, 0) is 7.05 Å². The molecule has 0 fully saturated rings. The molecule has 2 N–H and O–H groups in total. The van der Waals surface area contributed by atoms with E-state index in [1.165, 1.54) is 0 Å². The third kappa shape index (κ3) is 2.14. The van der Waals surface area contributed by atoms with Crippen LogP contribution in [0.5, 0.6) is 0 Å². The highest BCUT2D eigenvalue weighted by Gasteiger charge is 2.05. The Balaban J connectivity index is 2.11. The third-order valence-electron chi connectivity index (χ3n) is 2.52. The van der Waals surface area contributed by atoms with Gasteiger partial charge in [-0.1, -0.05) is 0 Å². The monoisotopic (exact) mass is 220 g/mol.